The molecule has 0 aliphatic heterocycles. The third-order valence-corrected chi connectivity index (χ3v) is 3.63. The van der Waals surface area contributed by atoms with Crippen molar-refractivity contribution >= 4 is 11.9 Å². The number of hydrogen-bond acceptors (Lipinski definition) is 3. The Bertz CT molecular complexity index is 471. The minimum Gasteiger partial charge on any atom is -0.351 e. The van der Waals surface area contributed by atoms with Gasteiger partial charge in [-0.3, -0.25) is 15.0 Å². The van der Waals surface area contributed by atoms with Gasteiger partial charge in [-0.15, -0.1) is 0 Å². The molecule has 20 heavy (non-hydrogen) atoms. The summed E-state index contributed by atoms with van der Waals surface area (Å²) in [6.07, 6.45) is 2.44. The van der Waals surface area contributed by atoms with Crippen LogP contribution in [-0.4, -0.2) is 29.9 Å². The summed E-state index contributed by atoms with van der Waals surface area (Å²) >= 11 is 0. The molecule has 0 aromatic heterocycles. The van der Waals surface area contributed by atoms with Crippen LogP contribution in [0.25, 0.3) is 0 Å². The number of imide groups is 1. The van der Waals surface area contributed by atoms with Crippen LogP contribution in [0.2, 0.25) is 0 Å². The molecular formula is C15H21N3O2. The predicted octanol–water partition coefficient (Wildman–Crippen LogP) is 1.65. The fourth-order valence-electron chi connectivity index (χ4n) is 2.30. The number of carbonyl (C=O) groups is 2. The second-order valence-electron chi connectivity index (χ2n) is 5.37. The molecule has 1 saturated carbocycles. The van der Waals surface area contributed by atoms with Gasteiger partial charge >= 0.3 is 6.03 Å². The summed E-state index contributed by atoms with van der Waals surface area (Å²) in [4.78, 5) is 24.6. The number of amides is 3. The normalized spacial score (nSPS) is 15.9. The van der Waals surface area contributed by atoms with Crippen LogP contribution in [0.5, 0.6) is 0 Å². The first-order valence-electron chi connectivity index (χ1n) is 6.94. The lowest BCUT2D eigenvalue weighted by Crippen LogP contribution is -2.43. The van der Waals surface area contributed by atoms with Crippen LogP contribution in [0.4, 0.5) is 4.79 Å². The predicted molar refractivity (Wildman–Crippen MR) is 76.9 cm³/mol. The topological polar surface area (TPSA) is 75.4 Å². The zero-order valence-electron chi connectivity index (χ0n) is 11.7. The highest BCUT2D eigenvalue weighted by Crippen LogP contribution is 2.32. The number of nitrogens with two attached hydrogens (primary N) is 1. The van der Waals surface area contributed by atoms with E-state index >= 15 is 0 Å². The average molecular weight is 275 g/mol. The summed E-state index contributed by atoms with van der Waals surface area (Å²) in [5, 5.41) is 2.13. The van der Waals surface area contributed by atoms with Crippen molar-refractivity contribution in [1.29, 1.82) is 0 Å². The van der Waals surface area contributed by atoms with Crippen molar-refractivity contribution in [1.82, 2.24) is 10.2 Å². The van der Waals surface area contributed by atoms with Crippen LogP contribution in [0.1, 0.15) is 31.4 Å². The molecule has 5 nitrogen and oxygen atoms in total. The van der Waals surface area contributed by atoms with E-state index in [2.05, 4.69) is 29.3 Å². The van der Waals surface area contributed by atoms with Crippen LogP contribution in [0.3, 0.4) is 0 Å². The smallest absolute Gasteiger partial charge is 0.318 e. The molecular weight excluding hydrogens is 254 g/mol. The monoisotopic (exact) mass is 275 g/mol. The lowest BCUT2D eigenvalue weighted by Gasteiger charge is -2.28. The van der Waals surface area contributed by atoms with E-state index in [1.54, 1.807) is 0 Å². The first-order chi connectivity index (χ1) is 9.56. The largest absolute Gasteiger partial charge is 0.351 e. The summed E-state index contributed by atoms with van der Waals surface area (Å²) in [7, 11) is 0. The maximum atomic E-state index is 11.7. The molecule has 1 aromatic rings. The van der Waals surface area contributed by atoms with Crippen molar-refractivity contribution in [2.45, 2.75) is 25.8 Å². The third-order valence-electron chi connectivity index (χ3n) is 3.63. The van der Waals surface area contributed by atoms with Crippen molar-refractivity contribution in [3.63, 3.8) is 0 Å². The molecule has 0 saturated heterocycles. The lowest BCUT2D eigenvalue weighted by molar-refractivity contribution is -0.121. The Kier molecular flexibility index (Phi) is 4.74. The van der Waals surface area contributed by atoms with Gasteiger partial charge in [-0.2, -0.15) is 0 Å². The molecule has 0 bridgehead atoms. The van der Waals surface area contributed by atoms with Gasteiger partial charge in [0.25, 0.3) is 0 Å². The summed E-state index contributed by atoms with van der Waals surface area (Å²) in [5.41, 5.74) is 6.15. The van der Waals surface area contributed by atoms with Crippen LogP contribution < -0.4 is 11.1 Å². The van der Waals surface area contributed by atoms with E-state index in [1.807, 2.05) is 18.2 Å². The molecule has 0 heterocycles. The Hall–Kier alpha value is -1.88. The van der Waals surface area contributed by atoms with Crippen molar-refractivity contribution < 1.29 is 9.59 Å². The maximum absolute atomic E-state index is 11.7. The van der Waals surface area contributed by atoms with Crippen molar-refractivity contribution in [2.24, 2.45) is 11.7 Å². The number of primary amides is 1. The van der Waals surface area contributed by atoms with E-state index in [9.17, 15) is 9.59 Å². The number of urea groups is 1. The van der Waals surface area contributed by atoms with Gasteiger partial charge in [0.2, 0.25) is 5.91 Å². The van der Waals surface area contributed by atoms with Gasteiger partial charge < -0.3 is 5.73 Å². The van der Waals surface area contributed by atoms with Gasteiger partial charge in [-0.05, 0) is 31.2 Å². The lowest BCUT2D eigenvalue weighted by atomic mass is 10.1. The van der Waals surface area contributed by atoms with Gasteiger partial charge in [-0.25, -0.2) is 4.79 Å². The second-order valence-corrected chi connectivity index (χ2v) is 5.37. The molecule has 1 aliphatic carbocycles. The second kappa shape index (κ2) is 6.52. The molecule has 108 valence electrons. The minimum atomic E-state index is -0.797. The number of benzene rings is 1. The summed E-state index contributed by atoms with van der Waals surface area (Å²) in [6.45, 7) is 3.15. The Labute approximate surface area is 119 Å². The molecule has 0 radical (unpaired) electrons. The van der Waals surface area contributed by atoms with Gasteiger partial charge in [-0.1, -0.05) is 30.3 Å². The molecule has 0 unspecified atom stereocenters. The van der Waals surface area contributed by atoms with Gasteiger partial charge in [0.15, 0.2) is 0 Å². The number of nitrogens with zero attached hydrogens (tertiary/aromatic N) is 1. The van der Waals surface area contributed by atoms with Crippen LogP contribution in [0.15, 0.2) is 30.3 Å². The first kappa shape index (κ1) is 14.5. The molecule has 1 aliphatic rings. The minimum absolute atomic E-state index is 0.135. The van der Waals surface area contributed by atoms with E-state index in [-0.39, 0.29) is 18.5 Å². The molecule has 2 rings (SSSR count). The number of hydrogen-bond donors (Lipinski definition) is 2. The Morgan fingerprint density at radius 2 is 2.00 bits per heavy atom. The zero-order chi connectivity index (χ0) is 14.5. The fraction of sp³-hybridized carbons (Fsp3) is 0.467. The Morgan fingerprint density at radius 3 is 2.55 bits per heavy atom. The van der Waals surface area contributed by atoms with Crippen LogP contribution >= 0.6 is 0 Å². The highest BCUT2D eigenvalue weighted by molar-refractivity contribution is 5.94. The van der Waals surface area contributed by atoms with Crippen molar-refractivity contribution in [2.75, 3.05) is 13.1 Å². The number of rotatable bonds is 6. The van der Waals surface area contributed by atoms with Crippen molar-refractivity contribution in [3.05, 3.63) is 35.9 Å². The van der Waals surface area contributed by atoms with Crippen LogP contribution in [0, 0.1) is 5.92 Å². The van der Waals surface area contributed by atoms with E-state index < -0.39 is 6.03 Å². The molecule has 0 spiro atoms. The third kappa shape index (κ3) is 4.35. The number of nitrogens with one attached hydrogen (secondary N) is 1. The molecule has 3 amide bonds. The average Bonchev–Trinajstić information content (AvgIpc) is 3.21. The van der Waals surface area contributed by atoms with Crippen molar-refractivity contribution in [3.8, 4) is 0 Å². The van der Waals surface area contributed by atoms with E-state index in [4.69, 9.17) is 5.73 Å². The SMILES string of the molecule is C[C@@H](c1ccccc1)N(CC(=O)NC(N)=O)CC1CC1. The zero-order valence-corrected chi connectivity index (χ0v) is 11.7. The number of carbonyl (C=O) groups excluding carboxylic acids is 2. The molecule has 1 aromatic carbocycles. The standard InChI is InChI=1S/C15H21N3O2/c1-11(13-5-3-2-4-6-13)18(9-12-7-8-12)10-14(19)17-15(16)20/h2-6,11-12H,7-10H2,1H3,(H3,16,17,19,20)/t11-/m0/s1. The fourth-order valence-corrected chi connectivity index (χ4v) is 2.30. The Morgan fingerprint density at radius 1 is 1.35 bits per heavy atom. The van der Waals surface area contributed by atoms with E-state index in [1.165, 1.54) is 18.4 Å². The maximum Gasteiger partial charge on any atom is 0.318 e. The van der Waals surface area contributed by atoms with Gasteiger partial charge in [0.1, 0.15) is 0 Å². The molecule has 3 N–H and O–H groups in total. The molecule has 5 heteroatoms. The highest BCUT2D eigenvalue weighted by atomic mass is 16.2. The van der Waals surface area contributed by atoms with E-state index in [0.717, 1.165) is 6.54 Å². The van der Waals surface area contributed by atoms with Gasteiger partial charge in [0.05, 0.1) is 6.54 Å². The van der Waals surface area contributed by atoms with Crippen LogP contribution in [-0.2, 0) is 4.79 Å². The summed E-state index contributed by atoms with van der Waals surface area (Å²) in [5.74, 6) is 0.323. The highest BCUT2D eigenvalue weighted by Gasteiger charge is 2.28. The molecule has 1 fully saturated rings. The molecule has 1 atom stereocenters. The van der Waals surface area contributed by atoms with E-state index in [0.29, 0.717) is 5.92 Å². The van der Waals surface area contributed by atoms with Gasteiger partial charge in [0, 0.05) is 12.6 Å². The quantitative estimate of drug-likeness (QED) is 0.829. The first-order valence-corrected chi connectivity index (χ1v) is 6.94. The summed E-state index contributed by atoms with van der Waals surface area (Å²) in [6, 6.07) is 9.40. The summed E-state index contributed by atoms with van der Waals surface area (Å²) < 4.78 is 0. The Balaban J connectivity index is 2.02.